The topological polar surface area (TPSA) is 46.6 Å². The predicted molar refractivity (Wildman–Crippen MR) is 120 cm³/mol. The van der Waals surface area contributed by atoms with Crippen LogP contribution in [0.1, 0.15) is 16.7 Å². The molecule has 0 saturated carbocycles. The van der Waals surface area contributed by atoms with E-state index < -0.39 is 17.0 Å². The minimum atomic E-state index is -0.477. The fourth-order valence-corrected chi connectivity index (χ4v) is 4.12. The number of para-hydroxylation sites is 1. The SMILES string of the molecule is O=C1S/C(=C\c2ccccc2OCc2ccccc2)C(=O)N1Cc1ccc(F)cc1Cl. The molecule has 31 heavy (non-hydrogen) atoms. The smallest absolute Gasteiger partial charge is 0.293 e. The quantitative estimate of drug-likeness (QED) is 0.411. The molecule has 0 unspecified atom stereocenters. The molecule has 156 valence electrons. The third-order valence-corrected chi connectivity index (χ3v) is 5.92. The van der Waals surface area contributed by atoms with E-state index in [0.717, 1.165) is 28.3 Å². The molecular formula is C24H17ClFNO3S. The van der Waals surface area contributed by atoms with Gasteiger partial charge in [0.05, 0.1) is 11.4 Å². The number of imide groups is 1. The monoisotopic (exact) mass is 453 g/mol. The molecule has 4 rings (SSSR count). The van der Waals surface area contributed by atoms with Crippen LogP contribution in [-0.2, 0) is 17.9 Å². The molecule has 0 aliphatic carbocycles. The lowest BCUT2D eigenvalue weighted by molar-refractivity contribution is -0.123. The Morgan fingerprint density at radius 3 is 2.52 bits per heavy atom. The van der Waals surface area contributed by atoms with Crippen molar-refractivity contribution in [1.82, 2.24) is 4.90 Å². The van der Waals surface area contributed by atoms with Gasteiger partial charge in [-0.05, 0) is 47.2 Å². The van der Waals surface area contributed by atoms with Gasteiger partial charge in [0.15, 0.2) is 0 Å². The summed E-state index contributed by atoms with van der Waals surface area (Å²) in [6.07, 6.45) is 1.65. The van der Waals surface area contributed by atoms with Gasteiger partial charge in [-0.2, -0.15) is 0 Å². The molecule has 3 aromatic rings. The van der Waals surface area contributed by atoms with Gasteiger partial charge in [-0.15, -0.1) is 0 Å². The van der Waals surface area contributed by atoms with Crippen LogP contribution in [0.5, 0.6) is 5.75 Å². The maximum atomic E-state index is 13.3. The molecule has 2 amide bonds. The zero-order valence-corrected chi connectivity index (χ0v) is 17.8. The van der Waals surface area contributed by atoms with Crippen molar-refractivity contribution in [3.05, 3.63) is 105 Å². The number of amides is 2. The Bertz CT molecular complexity index is 1170. The summed E-state index contributed by atoms with van der Waals surface area (Å²) >= 11 is 6.90. The number of thioether (sulfide) groups is 1. The summed E-state index contributed by atoms with van der Waals surface area (Å²) in [6.45, 7) is 0.365. The lowest BCUT2D eigenvalue weighted by Crippen LogP contribution is -2.27. The number of carbonyl (C=O) groups is 2. The zero-order valence-electron chi connectivity index (χ0n) is 16.3. The largest absolute Gasteiger partial charge is 0.488 e. The molecule has 1 saturated heterocycles. The van der Waals surface area contributed by atoms with E-state index in [2.05, 4.69) is 0 Å². The first-order valence-electron chi connectivity index (χ1n) is 9.46. The van der Waals surface area contributed by atoms with Crippen molar-refractivity contribution in [3.8, 4) is 5.75 Å². The third-order valence-electron chi connectivity index (χ3n) is 4.66. The highest BCUT2D eigenvalue weighted by Gasteiger charge is 2.35. The Morgan fingerprint density at radius 1 is 1.00 bits per heavy atom. The molecule has 0 spiro atoms. The lowest BCUT2D eigenvalue weighted by Gasteiger charge is -2.13. The summed E-state index contributed by atoms with van der Waals surface area (Å²) in [5.74, 6) is -0.289. The second-order valence-corrected chi connectivity index (χ2v) is 8.22. The van der Waals surface area contributed by atoms with E-state index >= 15 is 0 Å². The second kappa shape index (κ2) is 9.37. The van der Waals surface area contributed by atoms with Crippen LogP contribution in [0.2, 0.25) is 5.02 Å². The van der Waals surface area contributed by atoms with Crippen molar-refractivity contribution in [3.63, 3.8) is 0 Å². The van der Waals surface area contributed by atoms with Gasteiger partial charge in [0.1, 0.15) is 18.2 Å². The van der Waals surface area contributed by atoms with Crippen molar-refractivity contribution in [1.29, 1.82) is 0 Å². The molecule has 1 fully saturated rings. The van der Waals surface area contributed by atoms with Gasteiger partial charge in [-0.1, -0.05) is 66.2 Å². The van der Waals surface area contributed by atoms with Crippen LogP contribution < -0.4 is 4.74 Å². The molecule has 0 radical (unpaired) electrons. The van der Waals surface area contributed by atoms with E-state index in [1.807, 2.05) is 54.6 Å². The van der Waals surface area contributed by atoms with Gasteiger partial charge in [-0.25, -0.2) is 4.39 Å². The van der Waals surface area contributed by atoms with Crippen LogP contribution in [0, 0.1) is 5.82 Å². The molecule has 1 aliphatic rings. The number of ether oxygens (including phenoxy) is 1. The number of benzene rings is 3. The lowest BCUT2D eigenvalue weighted by atomic mass is 10.1. The molecule has 0 aromatic heterocycles. The number of rotatable bonds is 6. The summed E-state index contributed by atoms with van der Waals surface area (Å²) in [5, 5.41) is -0.234. The highest BCUT2D eigenvalue weighted by molar-refractivity contribution is 8.18. The van der Waals surface area contributed by atoms with Gasteiger partial charge in [0.2, 0.25) is 0 Å². The molecule has 3 aromatic carbocycles. The fourth-order valence-electron chi connectivity index (χ4n) is 3.06. The van der Waals surface area contributed by atoms with E-state index in [0.29, 0.717) is 28.4 Å². The van der Waals surface area contributed by atoms with Crippen LogP contribution in [0.15, 0.2) is 77.7 Å². The number of hydrogen-bond donors (Lipinski definition) is 0. The summed E-state index contributed by atoms with van der Waals surface area (Å²) in [6, 6.07) is 20.9. The zero-order chi connectivity index (χ0) is 21.8. The summed E-state index contributed by atoms with van der Waals surface area (Å²) in [4.78, 5) is 26.7. The minimum Gasteiger partial charge on any atom is -0.488 e. The molecule has 0 atom stereocenters. The molecule has 0 N–H and O–H groups in total. The number of halogens is 2. The normalized spacial score (nSPS) is 15.0. The van der Waals surface area contributed by atoms with Gasteiger partial charge in [0, 0.05) is 10.6 Å². The molecule has 1 heterocycles. The maximum Gasteiger partial charge on any atom is 0.293 e. The Hall–Kier alpha value is -3.09. The van der Waals surface area contributed by atoms with Gasteiger partial charge in [0.25, 0.3) is 11.1 Å². The van der Waals surface area contributed by atoms with E-state index in [1.165, 1.54) is 12.1 Å². The van der Waals surface area contributed by atoms with E-state index in [9.17, 15) is 14.0 Å². The standard InChI is InChI=1S/C24H17ClFNO3S/c25-20-13-19(26)11-10-18(20)14-27-23(28)22(31-24(27)29)12-17-8-4-5-9-21(17)30-15-16-6-2-1-3-7-16/h1-13H,14-15H2/b22-12-. The summed E-state index contributed by atoms with van der Waals surface area (Å²) < 4.78 is 19.2. The molecular weight excluding hydrogens is 437 g/mol. The van der Waals surface area contributed by atoms with Gasteiger partial charge < -0.3 is 4.74 Å². The average Bonchev–Trinajstić information content (AvgIpc) is 3.03. The van der Waals surface area contributed by atoms with Gasteiger partial charge >= 0.3 is 0 Å². The van der Waals surface area contributed by atoms with Crippen molar-refractivity contribution >= 4 is 40.6 Å². The Morgan fingerprint density at radius 2 is 1.74 bits per heavy atom. The average molecular weight is 454 g/mol. The minimum absolute atomic E-state index is 0.0206. The molecule has 1 aliphatic heterocycles. The number of carbonyl (C=O) groups excluding carboxylic acids is 2. The highest BCUT2D eigenvalue weighted by atomic mass is 35.5. The molecule has 4 nitrogen and oxygen atoms in total. The summed E-state index contributed by atoms with van der Waals surface area (Å²) in [7, 11) is 0. The highest BCUT2D eigenvalue weighted by Crippen LogP contribution is 2.35. The van der Waals surface area contributed by atoms with E-state index in [-0.39, 0.29) is 11.6 Å². The first-order valence-corrected chi connectivity index (χ1v) is 10.7. The number of hydrogen-bond acceptors (Lipinski definition) is 4. The van der Waals surface area contributed by atoms with Crippen molar-refractivity contribution < 1.29 is 18.7 Å². The number of nitrogens with zero attached hydrogens (tertiary/aromatic N) is 1. The van der Waals surface area contributed by atoms with Gasteiger partial charge in [-0.3, -0.25) is 14.5 Å². The van der Waals surface area contributed by atoms with Crippen molar-refractivity contribution in [2.24, 2.45) is 0 Å². The molecule has 7 heteroatoms. The Kier molecular flexibility index (Phi) is 6.39. The Balaban J connectivity index is 1.53. The Labute approximate surface area is 188 Å². The van der Waals surface area contributed by atoms with E-state index in [4.69, 9.17) is 16.3 Å². The van der Waals surface area contributed by atoms with Crippen LogP contribution in [0.3, 0.4) is 0 Å². The van der Waals surface area contributed by atoms with Crippen LogP contribution in [0.4, 0.5) is 9.18 Å². The first kappa shape index (κ1) is 21.2. The third kappa shape index (κ3) is 4.98. The fraction of sp³-hybridized carbons (Fsp3) is 0.0833. The van der Waals surface area contributed by atoms with Crippen LogP contribution in [0.25, 0.3) is 6.08 Å². The second-order valence-electron chi connectivity index (χ2n) is 6.82. The van der Waals surface area contributed by atoms with Crippen LogP contribution in [-0.4, -0.2) is 16.0 Å². The maximum absolute atomic E-state index is 13.3. The van der Waals surface area contributed by atoms with Crippen molar-refractivity contribution in [2.75, 3.05) is 0 Å². The van der Waals surface area contributed by atoms with Crippen LogP contribution >= 0.6 is 23.4 Å². The molecule has 0 bridgehead atoms. The van der Waals surface area contributed by atoms with E-state index in [1.54, 1.807) is 6.08 Å². The summed E-state index contributed by atoms with van der Waals surface area (Å²) in [5.41, 5.74) is 2.22. The predicted octanol–water partition coefficient (Wildman–Crippen LogP) is 6.29. The first-order chi connectivity index (χ1) is 15.0. The van der Waals surface area contributed by atoms with Crippen molar-refractivity contribution in [2.45, 2.75) is 13.2 Å².